The standard InChI is InChI=1S/C10H13NO2/c1-8(11(2)12)9-5-4-6-10(7-9)13-3/h4-7H,1-3H3/b11-8+. The van der Waals surface area contributed by atoms with E-state index in [1.54, 1.807) is 14.0 Å². The highest BCUT2D eigenvalue weighted by Crippen LogP contribution is 2.12. The third kappa shape index (κ3) is 2.21. The zero-order chi connectivity index (χ0) is 9.84. The summed E-state index contributed by atoms with van der Waals surface area (Å²) in [7, 11) is 3.09. The summed E-state index contributed by atoms with van der Waals surface area (Å²) >= 11 is 0. The van der Waals surface area contributed by atoms with Crippen LogP contribution in [0.3, 0.4) is 0 Å². The summed E-state index contributed by atoms with van der Waals surface area (Å²) in [5.74, 6) is 0.763. The number of methoxy groups -OCH3 is 1. The Hall–Kier alpha value is -1.51. The summed E-state index contributed by atoms with van der Waals surface area (Å²) in [6.45, 7) is 1.78. The van der Waals surface area contributed by atoms with Crippen molar-refractivity contribution in [2.45, 2.75) is 6.92 Å². The van der Waals surface area contributed by atoms with Crippen LogP contribution in [0.2, 0.25) is 0 Å². The van der Waals surface area contributed by atoms with Crippen molar-refractivity contribution in [2.24, 2.45) is 0 Å². The predicted octanol–water partition coefficient (Wildman–Crippen LogP) is 1.64. The summed E-state index contributed by atoms with van der Waals surface area (Å²) in [5.41, 5.74) is 1.57. The molecule has 0 aliphatic rings. The van der Waals surface area contributed by atoms with Gasteiger partial charge in [0.05, 0.1) is 7.11 Å². The molecule has 0 N–H and O–H groups in total. The predicted molar refractivity (Wildman–Crippen MR) is 52.3 cm³/mol. The van der Waals surface area contributed by atoms with E-state index in [4.69, 9.17) is 4.74 Å². The van der Waals surface area contributed by atoms with Crippen molar-refractivity contribution in [2.75, 3.05) is 14.2 Å². The van der Waals surface area contributed by atoms with Crippen LogP contribution in [-0.2, 0) is 0 Å². The van der Waals surface area contributed by atoms with E-state index in [1.807, 2.05) is 24.3 Å². The van der Waals surface area contributed by atoms with Gasteiger partial charge in [0.1, 0.15) is 12.8 Å². The van der Waals surface area contributed by atoms with Crippen molar-refractivity contribution < 1.29 is 9.48 Å². The fourth-order valence-electron chi connectivity index (χ4n) is 1.03. The smallest absolute Gasteiger partial charge is 0.191 e. The number of hydroxylamine groups is 1. The molecule has 0 saturated carbocycles. The summed E-state index contributed by atoms with van der Waals surface area (Å²) in [6.07, 6.45) is 0. The Bertz CT molecular complexity index is 327. The molecule has 0 fully saturated rings. The Morgan fingerprint density at radius 3 is 2.69 bits per heavy atom. The summed E-state index contributed by atoms with van der Waals surface area (Å²) in [6, 6.07) is 7.43. The second-order valence-electron chi connectivity index (χ2n) is 2.81. The van der Waals surface area contributed by atoms with Gasteiger partial charge in [-0.05, 0) is 18.2 Å². The van der Waals surface area contributed by atoms with E-state index in [0.717, 1.165) is 16.1 Å². The summed E-state index contributed by atoms with van der Waals surface area (Å²) < 4.78 is 5.89. The maximum absolute atomic E-state index is 11.0. The first-order valence-corrected chi connectivity index (χ1v) is 4.04. The van der Waals surface area contributed by atoms with Gasteiger partial charge in [0, 0.05) is 12.5 Å². The van der Waals surface area contributed by atoms with Gasteiger partial charge in [-0.1, -0.05) is 6.07 Å². The van der Waals surface area contributed by atoms with Gasteiger partial charge in [-0.2, -0.15) is 0 Å². The average molecular weight is 179 g/mol. The molecule has 0 heterocycles. The van der Waals surface area contributed by atoms with Crippen LogP contribution >= 0.6 is 0 Å². The van der Waals surface area contributed by atoms with Crippen molar-refractivity contribution >= 4 is 5.71 Å². The monoisotopic (exact) mass is 179 g/mol. The molecular formula is C10H13NO2. The molecule has 3 heteroatoms. The van der Waals surface area contributed by atoms with Crippen LogP contribution in [0.4, 0.5) is 0 Å². The Balaban J connectivity index is 3.09. The van der Waals surface area contributed by atoms with E-state index in [2.05, 4.69) is 0 Å². The molecule has 1 rings (SSSR count). The van der Waals surface area contributed by atoms with Gasteiger partial charge in [-0.3, -0.25) is 0 Å². The zero-order valence-electron chi connectivity index (χ0n) is 8.07. The Morgan fingerprint density at radius 2 is 2.15 bits per heavy atom. The normalized spacial score (nSPS) is 12.2. The number of benzene rings is 1. The van der Waals surface area contributed by atoms with Crippen LogP contribution in [0, 0.1) is 5.21 Å². The van der Waals surface area contributed by atoms with Crippen molar-refractivity contribution in [1.29, 1.82) is 0 Å². The van der Waals surface area contributed by atoms with E-state index in [9.17, 15) is 5.21 Å². The molecule has 3 nitrogen and oxygen atoms in total. The van der Waals surface area contributed by atoms with Crippen LogP contribution < -0.4 is 4.74 Å². The molecule has 0 aromatic heterocycles. The highest BCUT2D eigenvalue weighted by Gasteiger charge is 2.04. The summed E-state index contributed by atoms with van der Waals surface area (Å²) in [5, 5.41) is 11.0. The molecule has 0 atom stereocenters. The lowest BCUT2D eigenvalue weighted by molar-refractivity contribution is -0.422. The fourth-order valence-corrected chi connectivity index (χ4v) is 1.03. The van der Waals surface area contributed by atoms with Crippen molar-refractivity contribution in [3.63, 3.8) is 0 Å². The third-order valence-electron chi connectivity index (χ3n) is 1.96. The molecule has 1 aromatic carbocycles. The van der Waals surface area contributed by atoms with E-state index >= 15 is 0 Å². The molecule has 0 amide bonds. The molecule has 1 aromatic rings. The van der Waals surface area contributed by atoms with Gasteiger partial charge >= 0.3 is 0 Å². The average Bonchev–Trinajstić information content (AvgIpc) is 2.16. The Labute approximate surface area is 77.9 Å². The number of ether oxygens (including phenoxy) is 1. The lowest BCUT2D eigenvalue weighted by Crippen LogP contribution is -2.08. The lowest BCUT2D eigenvalue weighted by atomic mass is 10.1. The number of hydrogen-bond acceptors (Lipinski definition) is 2. The fraction of sp³-hybridized carbons (Fsp3) is 0.300. The van der Waals surface area contributed by atoms with Crippen LogP contribution in [0.1, 0.15) is 12.5 Å². The van der Waals surface area contributed by atoms with E-state index in [-0.39, 0.29) is 0 Å². The second kappa shape index (κ2) is 3.94. The van der Waals surface area contributed by atoms with Crippen LogP contribution in [0.5, 0.6) is 5.75 Å². The lowest BCUT2D eigenvalue weighted by Gasteiger charge is -2.04. The topological polar surface area (TPSA) is 35.3 Å². The SMILES string of the molecule is COc1cccc(/C(C)=[N+](\C)[O-])c1. The maximum atomic E-state index is 11.0. The van der Waals surface area contributed by atoms with Crippen molar-refractivity contribution in [3.8, 4) is 5.75 Å². The first-order chi connectivity index (χ1) is 6.15. The van der Waals surface area contributed by atoms with E-state index < -0.39 is 0 Å². The molecule has 0 aliphatic carbocycles. The Kier molecular flexibility index (Phi) is 2.90. The molecule has 0 radical (unpaired) electrons. The van der Waals surface area contributed by atoms with Crippen molar-refractivity contribution in [1.82, 2.24) is 0 Å². The highest BCUT2D eigenvalue weighted by atomic mass is 16.5. The molecule has 13 heavy (non-hydrogen) atoms. The molecule has 0 spiro atoms. The number of nitrogens with zero attached hydrogens (tertiary/aromatic N) is 1. The maximum Gasteiger partial charge on any atom is 0.191 e. The van der Waals surface area contributed by atoms with Crippen LogP contribution in [0.15, 0.2) is 24.3 Å². The highest BCUT2D eigenvalue weighted by molar-refractivity contribution is 5.95. The van der Waals surface area contributed by atoms with Gasteiger partial charge in [0.25, 0.3) is 0 Å². The van der Waals surface area contributed by atoms with Gasteiger partial charge in [-0.25, -0.2) is 4.74 Å². The molecule has 0 saturated heterocycles. The minimum atomic E-state index is 0.680. The van der Waals surface area contributed by atoms with Gasteiger partial charge in [0.15, 0.2) is 5.71 Å². The minimum Gasteiger partial charge on any atom is -0.624 e. The van der Waals surface area contributed by atoms with Crippen LogP contribution in [0.25, 0.3) is 0 Å². The first kappa shape index (κ1) is 9.58. The molecular weight excluding hydrogens is 166 g/mol. The third-order valence-corrected chi connectivity index (χ3v) is 1.96. The van der Waals surface area contributed by atoms with Crippen LogP contribution in [-0.4, -0.2) is 24.6 Å². The summed E-state index contributed by atoms with van der Waals surface area (Å²) in [4.78, 5) is 0. The number of hydrogen-bond donors (Lipinski definition) is 0. The molecule has 0 aliphatic heterocycles. The molecule has 0 unspecified atom stereocenters. The number of rotatable bonds is 2. The van der Waals surface area contributed by atoms with Gasteiger partial charge < -0.3 is 9.94 Å². The van der Waals surface area contributed by atoms with Gasteiger partial charge in [-0.15, -0.1) is 0 Å². The van der Waals surface area contributed by atoms with Gasteiger partial charge in [0.2, 0.25) is 0 Å². The second-order valence-corrected chi connectivity index (χ2v) is 2.81. The minimum absolute atomic E-state index is 0.680. The van der Waals surface area contributed by atoms with Crippen molar-refractivity contribution in [3.05, 3.63) is 35.0 Å². The first-order valence-electron chi connectivity index (χ1n) is 4.04. The zero-order valence-corrected chi connectivity index (χ0v) is 8.07. The van der Waals surface area contributed by atoms with E-state index in [0.29, 0.717) is 5.71 Å². The van der Waals surface area contributed by atoms with E-state index in [1.165, 1.54) is 7.05 Å². The largest absolute Gasteiger partial charge is 0.624 e. The quantitative estimate of drug-likeness (QED) is 0.299. The molecule has 70 valence electrons. The molecule has 0 bridgehead atoms. The Morgan fingerprint density at radius 1 is 1.46 bits per heavy atom.